The molecule has 7 nitrogen and oxygen atoms in total. The highest BCUT2D eigenvalue weighted by Crippen LogP contribution is 2.34. The second-order valence-corrected chi connectivity index (χ2v) is 6.27. The lowest BCUT2D eigenvalue weighted by molar-refractivity contribution is 0.122. The molecule has 0 radical (unpaired) electrons. The van der Waals surface area contributed by atoms with Gasteiger partial charge in [-0.2, -0.15) is 0 Å². The van der Waals surface area contributed by atoms with Crippen molar-refractivity contribution in [3.8, 4) is 17.1 Å². The van der Waals surface area contributed by atoms with Gasteiger partial charge in [-0.05, 0) is 19.9 Å². The van der Waals surface area contributed by atoms with Gasteiger partial charge in [0.25, 0.3) is 0 Å². The SMILES string of the molecule is CC(C)Oc1cc(N2CCOCC2)nc2c(-c3cnc[nH]3)nccc12. The van der Waals surface area contributed by atoms with Crippen LogP contribution in [0.15, 0.2) is 30.9 Å². The number of rotatable bonds is 4. The Labute approximate surface area is 146 Å². The van der Waals surface area contributed by atoms with Crippen LogP contribution >= 0.6 is 0 Å². The fraction of sp³-hybridized carbons (Fsp3) is 0.389. The maximum Gasteiger partial charge on any atom is 0.133 e. The largest absolute Gasteiger partial charge is 0.490 e. The molecule has 1 aliphatic heterocycles. The molecule has 0 saturated carbocycles. The molecule has 3 aromatic heterocycles. The molecular formula is C18H21N5O2. The Kier molecular flexibility index (Phi) is 4.23. The van der Waals surface area contributed by atoms with Crippen LogP contribution in [0.4, 0.5) is 5.82 Å². The number of morpholine rings is 1. The van der Waals surface area contributed by atoms with E-state index in [9.17, 15) is 0 Å². The molecule has 0 spiro atoms. The molecule has 0 unspecified atom stereocenters. The molecule has 0 aliphatic carbocycles. The molecule has 7 heteroatoms. The zero-order valence-electron chi connectivity index (χ0n) is 14.4. The van der Waals surface area contributed by atoms with Gasteiger partial charge in [0.1, 0.15) is 22.8 Å². The van der Waals surface area contributed by atoms with Gasteiger partial charge < -0.3 is 19.4 Å². The van der Waals surface area contributed by atoms with E-state index in [2.05, 4.69) is 19.9 Å². The maximum atomic E-state index is 6.08. The second kappa shape index (κ2) is 6.68. The number of fused-ring (bicyclic) bond motifs is 1. The highest BCUT2D eigenvalue weighted by atomic mass is 16.5. The molecular weight excluding hydrogens is 318 g/mol. The van der Waals surface area contributed by atoms with Crippen LogP contribution < -0.4 is 9.64 Å². The van der Waals surface area contributed by atoms with Gasteiger partial charge in [0.2, 0.25) is 0 Å². The Hall–Kier alpha value is -2.67. The van der Waals surface area contributed by atoms with Crippen molar-refractivity contribution < 1.29 is 9.47 Å². The molecule has 0 amide bonds. The van der Waals surface area contributed by atoms with E-state index < -0.39 is 0 Å². The number of hydrogen-bond donors (Lipinski definition) is 1. The summed E-state index contributed by atoms with van der Waals surface area (Å²) in [7, 11) is 0. The molecule has 0 aromatic carbocycles. The van der Waals surface area contributed by atoms with Crippen LogP contribution in [-0.4, -0.2) is 52.3 Å². The Bertz CT molecular complexity index is 857. The van der Waals surface area contributed by atoms with Crippen LogP contribution in [0.25, 0.3) is 22.3 Å². The smallest absolute Gasteiger partial charge is 0.133 e. The molecule has 130 valence electrons. The van der Waals surface area contributed by atoms with Gasteiger partial charge in [-0.25, -0.2) is 9.97 Å². The summed E-state index contributed by atoms with van der Waals surface area (Å²) in [5.41, 5.74) is 2.43. The summed E-state index contributed by atoms with van der Waals surface area (Å²) in [6.07, 6.45) is 5.26. The predicted molar refractivity (Wildman–Crippen MR) is 95.9 cm³/mol. The number of H-pyrrole nitrogens is 1. The molecule has 25 heavy (non-hydrogen) atoms. The lowest BCUT2D eigenvalue weighted by Gasteiger charge is -2.28. The first-order valence-electron chi connectivity index (χ1n) is 8.50. The average molecular weight is 339 g/mol. The highest BCUT2D eigenvalue weighted by molar-refractivity contribution is 5.95. The predicted octanol–water partition coefficient (Wildman–Crippen LogP) is 2.64. The molecule has 0 bridgehead atoms. The number of nitrogens with zero attached hydrogens (tertiary/aromatic N) is 4. The van der Waals surface area contributed by atoms with Crippen molar-refractivity contribution in [2.24, 2.45) is 0 Å². The zero-order chi connectivity index (χ0) is 17.2. The van der Waals surface area contributed by atoms with Gasteiger partial charge in [-0.3, -0.25) is 4.98 Å². The first-order chi connectivity index (χ1) is 12.2. The molecule has 4 rings (SSSR count). The number of imidazole rings is 1. The lowest BCUT2D eigenvalue weighted by atomic mass is 10.1. The minimum atomic E-state index is 0.0758. The van der Waals surface area contributed by atoms with E-state index in [0.717, 1.165) is 46.9 Å². The van der Waals surface area contributed by atoms with Gasteiger partial charge >= 0.3 is 0 Å². The third-order valence-corrected chi connectivity index (χ3v) is 4.13. The highest BCUT2D eigenvalue weighted by Gasteiger charge is 2.19. The normalized spacial score (nSPS) is 15.1. The maximum absolute atomic E-state index is 6.08. The molecule has 1 fully saturated rings. The van der Waals surface area contributed by atoms with Crippen molar-refractivity contribution in [1.82, 2.24) is 19.9 Å². The molecule has 4 heterocycles. The van der Waals surface area contributed by atoms with E-state index >= 15 is 0 Å². The molecule has 1 saturated heterocycles. The Morgan fingerprint density at radius 1 is 1.28 bits per heavy atom. The number of nitrogens with one attached hydrogen (secondary N) is 1. The fourth-order valence-corrected chi connectivity index (χ4v) is 3.00. The quantitative estimate of drug-likeness (QED) is 0.787. The molecule has 0 atom stereocenters. The first kappa shape index (κ1) is 15.8. The third kappa shape index (κ3) is 3.15. The summed E-state index contributed by atoms with van der Waals surface area (Å²) >= 11 is 0. The van der Waals surface area contributed by atoms with Gasteiger partial charge in [-0.1, -0.05) is 0 Å². The minimum Gasteiger partial charge on any atom is -0.490 e. The van der Waals surface area contributed by atoms with Crippen molar-refractivity contribution in [3.63, 3.8) is 0 Å². The number of aromatic amines is 1. The van der Waals surface area contributed by atoms with Crippen molar-refractivity contribution in [2.45, 2.75) is 20.0 Å². The standard InChI is InChI=1S/C18H21N5O2/c1-12(2)25-15-9-16(23-5-7-24-8-6-23)22-17-13(15)3-4-20-18(17)14-10-19-11-21-14/h3-4,9-12H,5-8H2,1-2H3,(H,19,21). The second-order valence-electron chi connectivity index (χ2n) is 6.27. The minimum absolute atomic E-state index is 0.0758. The van der Waals surface area contributed by atoms with E-state index in [1.54, 1.807) is 18.7 Å². The fourth-order valence-electron chi connectivity index (χ4n) is 3.00. The average Bonchev–Trinajstić information content (AvgIpc) is 3.16. The summed E-state index contributed by atoms with van der Waals surface area (Å²) < 4.78 is 11.5. The van der Waals surface area contributed by atoms with Gasteiger partial charge in [0.15, 0.2) is 0 Å². The van der Waals surface area contributed by atoms with Crippen molar-refractivity contribution in [2.75, 3.05) is 31.2 Å². The molecule has 1 aliphatic rings. The number of aromatic nitrogens is 4. The van der Waals surface area contributed by atoms with Crippen LogP contribution in [0.5, 0.6) is 5.75 Å². The van der Waals surface area contributed by atoms with E-state index in [1.165, 1.54) is 0 Å². The topological polar surface area (TPSA) is 76.2 Å². The van der Waals surface area contributed by atoms with Crippen molar-refractivity contribution in [1.29, 1.82) is 0 Å². The summed E-state index contributed by atoms with van der Waals surface area (Å²) in [6.45, 7) is 7.11. The summed E-state index contributed by atoms with van der Waals surface area (Å²) in [5.74, 6) is 1.71. The van der Waals surface area contributed by atoms with Crippen LogP contribution in [0, 0.1) is 0 Å². The van der Waals surface area contributed by atoms with Gasteiger partial charge in [0, 0.05) is 30.7 Å². The zero-order valence-corrected chi connectivity index (χ0v) is 14.4. The van der Waals surface area contributed by atoms with E-state index in [4.69, 9.17) is 14.5 Å². The van der Waals surface area contributed by atoms with Gasteiger partial charge in [-0.15, -0.1) is 0 Å². The van der Waals surface area contributed by atoms with Crippen molar-refractivity contribution >= 4 is 16.7 Å². The summed E-state index contributed by atoms with van der Waals surface area (Å²) in [4.78, 5) is 18.9. The van der Waals surface area contributed by atoms with Crippen molar-refractivity contribution in [3.05, 3.63) is 30.9 Å². The van der Waals surface area contributed by atoms with Gasteiger partial charge in [0.05, 0.1) is 37.5 Å². The Morgan fingerprint density at radius 3 is 2.84 bits per heavy atom. The Balaban J connectivity index is 1.90. The summed E-state index contributed by atoms with van der Waals surface area (Å²) in [6, 6.07) is 3.97. The van der Waals surface area contributed by atoms with Crippen LogP contribution in [0.1, 0.15) is 13.8 Å². The number of ether oxygens (including phenoxy) is 2. The first-order valence-corrected chi connectivity index (χ1v) is 8.50. The summed E-state index contributed by atoms with van der Waals surface area (Å²) in [5, 5.41) is 0.949. The molecule has 3 aromatic rings. The third-order valence-electron chi connectivity index (χ3n) is 4.13. The van der Waals surface area contributed by atoms with Crippen LogP contribution in [0.3, 0.4) is 0 Å². The number of anilines is 1. The number of hydrogen-bond acceptors (Lipinski definition) is 6. The lowest BCUT2D eigenvalue weighted by Crippen LogP contribution is -2.36. The van der Waals surface area contributed by atoms with Crippen LogP contribution in [-0.2, 0) is 4.74 Å². The van der Waals surface area contributed by atoms with Crippen LogP contribution in [0.2, 0.25) is 0 Å². The van der Waals surface area contributed by atoms with E-state index in [1.807, 2.05) is 26.0 Å². The van der Waals surface area contributed by atoms with E-state index in [0.29, 0.717) is 13.2 Å². The van der Waals surface area contributed by atoms with E-state index in [-0.39, 0.29) is 6.10 Å². The molecule has 1 N–H and O–H groups in total. The number of pyridine rings is 2. The monoisotopic (exact) mass is 339 g/mol. The Morgan fingerprint density at radius 2 is 2.12 bits per heavy atom.